The van der Waals surface area contributed by atoms with Crippen LogP contribution in [0.1, 0.15) is 5.56 Å². The van der Waals surface area contributed by atoms with Crippen molar-refractivity contribution in [3.8, 4) is 0 Å². The molecule has 2 aromatic rings. The summed E-state index contributed by atoms with van der Waals surface area (Å²) in [6.45, 7) is 1.38. The molecule has 0 aliphatic rings. The van der Waals surface area contributed by atoms with Gasteiger partial charge in [0.05, 0.1) is 6.54 Å². The Balaban J connectivity index is 2.06. The zero-order valence-corrected chi connectivity index (χ0v) is 11.0. The van der Waals surface area contributed by atoms with E-state index in [9.17, 15) is 0 Å². The maximum Gasteiger partial charge on any atom is 0.135 e. The average Bonchev–Trinajstić information content (AvgIpc) is 2.38. The highest BCUT2D eigenvalue weighted by atomic mass is 15.5. The lowest BCUT2D eigenvalue weighted by Gasteiger charge is -2.16. The Hall–Kier alpha value is -2.11. The van der Waals surface area contributed by atoms with E-state index in [4.69, 9.17) is 11.6 Å². The van der Waals surface area contributed by atoms with Crippen LogP contribution in [-0.2, 0) is 6.54 Å². The molecule has 0 unspecified atom stereocenters. The monoisotopic (exact) mass is 257 g/mol. The fourth-order valence-corrected chi connectivity index (χ4v) is 2.10. The summed E-state index contributed by atoms with van der Waals surface area (Å²) in [5, 5.41) is 6.24. The highest BCUT2D eigenvalue weighted by Gasteiger charge is 2.03. The summed E-state index contributed by atoms with van der Waals surface area (Å²) in [4.78, 5) is 2.08. The smallest absolute Gasteiger partial charge is 0.135 e. The number of amidine groups is 1. The van der Waals surface area contributed by atoms with Crippen molar-refractivity contribution in [1.82, 2.24) is 10.4 Å². The Kier molecular flexibility index (Phi) is 4.33. The highest BCUT2D eigenvalue weighted by Crippen LogP contribution is 2.16. The standard InChI is InChI=1S/C14H19N5/c1-19(10-14(15)17-18-16)9-11-6-7-12-4-2-3-5-13(12)8-11/h2-8,18H,9-10,16H2,1H3,(H2,15,17). The van der Waals surface area contributed by atoms with E-state index in [1.54, 1.807) is 0 Å². The number of fused-ring (bicyclic) bond motifs is 1. The van der Waals surface area contributed by atoms with Gasteiger partial charge in [-0.2, -0.15) is 5.10 Å². The summed E-state index contributed by atoms with van der Waals surface area (Å²) >= 11 is 0. The molecule has 0 heterocycles. The van der Waals surface area contributed by atoms with Crippen LogP contribution in [0.3, 0.4) is 0 Å². The normalized spacial score (nSPS) is 12.1. The van der Waals surface area contributed by atoms with E-state index in [-0.39, 0.29) is 0 Å². The van der Waals surface area contributed by atoms with Crippen LogP contribution in [-0.4, -0.2) is 24.3 Å². The van der Waals surface area contributed by atoms with Gasteiger partial charge in [-0.15, -0.1) is 0 Å². The second kappa shape index (κ2) is 6.17. The Morgan fingerprint density at radius 3 is 2.68 bits per heavy atom. The van der Waals surface area contributed by atoms with Gasteiger partial charge in [0.25, 0.3) is 0 Å². The summed E-state index contributed by atoms with van der Waals surface area (Å²) in [6, 6.07) is 14.8. The SMILES string of the molecule is CN(C/C(N)=N/NN)Cc1ccc2ccccc2c1. The molecule has 0 fully saturated rings. The molecule has 2 aromatic carbocycles. The van der Waals surface area contributed by atoms with Gasteiger partial charge in [0.15, 0.2) is 0 Å². The summed E-state index contributed by atoms with van der Waals surface area (Å²) in [5.41, 5.74) is 9.14. The van der Waals surface area contributed by atoms with Crippen LogP contribution in [0.2, 0.25) is 0 Å². The molecule has 0 amide bonds. The molecule has 0 atom stereocenters. The first-order valence-electron chi connectivity index (χ1n) is 6.13. The number of likely N-dealkylation sites (N-methyl/N-ethyl adjacent to an activating group) is 1. The largest absolute Gasteiger partial charge is 0.385 e. The third-order valence-electron chi connectivity index (χ3n) is 2.91. The molecular formula is C14H19N5. The van der Waals surface area contributed by atoms with Crippen molar-refractivity contribution in [2.24, 2.45) is 16.7 Å². The van der Waals surface area contributed by atoms with Gasteiger partial charge >= 0.3 is 0 Å². The van der Waals surface area contributed by atoms with Crippen LogP contribution in [0.4, 0.5) is 0 Å². The molecule has 5 heteroatoms. The molecular weight excluding hydrogens is 238 g/mol. The van der Waals surface area contributed by atoms with E-state index < -0.39 is 0 Å². The van der Waals surface area contributed by atoms with Gasteiger partial charge in [0.1, 0.15) is 5.84 Å². The fourth-order valence-electron chi connectivity index (χ4n) is 2.10. The van der Waals surface area contributed by atoms with Crippen LogP contribution in [0, 0.1) is 0 Å². The predicted molar refractivity (Wildman–Crippen MR) is 79.2 cm³/mol. The molecule has 2 rings (SSSR count). The van der Waals surface area contributed by atoms with E-state index in [0.717, 1.165) is 6.54 Å². The highest BCUT2D eigenvalue weighted by molar-refractivity contribution is 5.83. The van der Waals surface area contributed by atoms with E-state index in [2.05, 4.69) is 45.9 Å². The second-order valence-electron chi connectivity index (χ2n) is 4.59. The Morgan fingerprint density at radius 2 is 1.95 bits per heavy atom. The van der Waals surface area contributed by atoms with Crippen LogP contribution >= 0.6 is 0 Å². The molecule has 0 bridgehead atoms. The number of nitrogens with two attached hydrogens (primary N) is 2. The Morgan fingerprint density at radius 1 is 1.21 bits per heavy atom. The zero-order chi connectivity index (χ0) is 13.7. The lowest BCUT2D eigenvalue weighted by Crippen LogP contribution is -2.33. The molecule has 0 spiro atoms. The van der Waals surface area contributed by atoms with Crippen molar-refractivity contribution in [3.05, 3.63) is 48.0 Å². The van der Waals surface area contributed by atoms with E-state index in [1.807, 2.05) is 19.2 Å². The summed E-state index contributed by atoms with van der Waals surface area (Å²) in [5.74, 6) is 5.55. The van der Waals surface area contributed by atoms with Gasteiger partial charge < -0.3 is 5.73 Å². The zero-order valence-electron chi connectivity index (χ0n) is 11.0. The summed E-state index contributed by atoms with van der Waals surface area (Å²) in [6.07, 6.45) is 0. The topological polar surface area (TPSA) is 79.7 Å². The fraction of sp³-hybridized carbons (Fsp3) is 0.214. The van der Waals surface area contributed by atoms with Gasteiger partial charge in [-0.25, -0.2) is 11.4 Å². The van der Waals surface area contributed by atoms with Gasteiger partial charge in [-0.05, 0) is 29.4 Å². The Bertz CT molecular complexity index is 579. The molecule has 0 radical (unpaired) electrons. The summed E-state index contributed by atoms with van der Waals surface area (Å²) in [7, 11) is 1.99. The van der Waals surface area contributed by atoms with E-state index >= 15 is 0 Å². The average molecular weight is 257 g/mol. The summed E-state index contributed by atoms with van der Waals surface area (Å²) < 4.78 is 0. The quantitative estimate of drug-likeness (QED) is 0.323. The van der Waals surface area contributed by atoms with E-state index in [0.29, 0.717) is 12.4 Å². The minimum absolute atomic E-state index is 0.464. The van der Waals surface area contributed by atoms with Crippen molar-refractivity contribution in [2.75, 3.05) is 13.6 Å². The third kappa shape index (κ3) is 3.67. The number of rotatable bonds is 5. The van der Waals surface area contributed by atoms with Crippen molar-refractivity contribution in [2.45, 2.75) is 6.54 Å². The minimum Gasteiger partial charge on any atom is -0.385 e. The molecule has 0 saturated heterocycles. The maximum absolute atomic E-state index is 5.70. The first kappa shape index (κ1) is 13.3. The van der Waals surface area contributed by atoms with Crippen LogP contribution < -0.4 is 17.1 Å². The van der Waals surface area contributed by atoms with Gasteiger partial charge in [-0.1, -0.05) is 36.4 Å². The molecule has 0 saturated carbocycles. The Labute approximate surface area is 112 Å². The van der Waals surface area contributed by atoms with Crippen LogP contribution in [0.15, 0.2) is 47.6 Å². The van der Waals surface area contributed by atoms with Gasteiger partial charge in [0.2, 0.25) is 0 Å². The number of hydrogen-bond acceptors (Lipinski definition) is 4. The van der Waals surface area contributed by atoms with Crippen molar-refractivity contribution < 1.29 is 0 Å². The first-order valence-corrected chi connectivity index (χ1v) is 6.13. The van der Waals surface area contributed by atoms with Crippen LogP contribution in [0.25, 0.3) is 10.8 Å². The second-order valence-corrected chi connectivity index (χ2v) is 4.59. The van der Waals surface area contributed by atoms with Crippen molar-refractivity contribution >= 4 is 16.6 Å². The minimum atomic E-state index is 0.464. The number of hydrazine groups is 1. The number of benzene rings is 2. The van der Waals surface area contributed by atoms with Gasteiger partial charge in [0, 0.05) is 6.54 Å². The molecule has 100 valence electrons. The van der Waals surface area contributed by atoms with Crippen LogP contribution in [0.5, 0.6) is 0 Å². The number of nitrogens with zero attached hydrogens (tertiary/aromatic N) is 2. The molecule has 5 N–H and O–H groups in total. The van der Waals surface area contributed by atoms with Crippen molar-refractivity contribution in [3.63, 3.8) is 0 Å². The lowest BCUT2D eigenvalue weighted by atomic mass is 10.1. The number of hydrogen-bond donors (Lipinski definition) is 3. The number of nitrogens with one attached hydrogen (secondary N) is 1. The van der Waals surface area contributed by atoms with E-state index in [1.165, 1.54) is 16.3 Å². The molecule has 0 aromatic heterocycles. The predicted octanol–water partition coefficient (Wildman–Crippen LogP) is 1.01. The lowest BCUT2D eigenvalue weighted by molar-refractivity contribution is 0.372. The molecule has 0 aliphatic heterocycles. The van der Waals surface area contributed by atoms with Crippen molar-refractivity contribution in [1.29, 1.82) is 0 Å². The molecule has 5 nitrogen and oxygen atoms in total. The third-order valence-corrected chi connectivity index (χ3v) is 2.91. The maximum atomic E-state index is 5.70. The van der Waals surface area contributed by atoms with Gasteiger partial charge in [-0.3, -0.25) is 4.90 Å². The first-order chi connectivity index (χ1) is 9.19. The molecule has 19 heavy (non-hydrogen) atoms. The molecule has 0 aliphatic carbocycles. The number of hydrazone groups is 1.